The summed E-state index contributed by atoms with van der Waals surface area (Å²) >= 11 is 1.36. The molecule has 1 fully saturated rings. The highest BCUT2D eigenvalue weighted by molar-refractivity contribution is 8.18. The van der Waals surface area contributed by atoms with Crippen LogP contribution in [-0.4, -0.2) is 43.3 Å². The average Bonchev–Trinajstić information content (AvgIpc) is 2.96. The number of amidine groups is 1. The molecule has 0 N–H and O–H groups in total. The number of para-hydroxylation sites is 2. The molecule has 5 nitrogen and oxygen atoms in total. The summed E-state index contributed by atoms with van der Waals surface area (Å²) in [6.07, 6.45) is 1.85. The van der Waals surface area contributed by atoms with Gasteiger partial charge in [-0.25, -0.2) is 4.99 Å². The molecular weight excluding hydrogens is 348 g/mol. The van der Waals surface area contributed by atoms with Crippen molar-refractivity contribution in [2.75, 3.05) is 27.4 Å². The summed E-state index contributed by atoms with van der Waals surface area (Å²) < 4.78 is 10.5. The first-order valence-electron chi connectivity index (χ1n) is 8.20. The van der Waals surface area contributed by atoms with Gasteiger partial charge in [0, 0.05) is 12.7 Å². The molecule has 0 radical (unpaired) electrons. The smallest absolute Gasteiger partial charge is 0.266 e. The van der Waals surface area contributed by atoms with Crippen LogP contribution in [0, 0.1) is 0 Å². The number of benzene rings is 2. The Morgan fingerprint density at radius 1 is 1.08 bits per heavy atom. The number of ether oxygens (including phenoxy) is 2. The number of hydrogen-bond donors (Lipinski definition) is 0. The van der Waals surface area contributed by atoms with Crippen molar-refractivity contribution in [3.63, 3.8) is 0 Å². The van der Waals surface area contributed by atoms with E-state index in [1.807, 2.05) is 60.7 Å². The molecule has 1 heterocycles. The highest BCUT2D eigenvalue weighted by atomic mass is 32.2. The number of nitrogens with zero attached hydrogens (tertiary/aromatic N) is 2. The van der Waals surface area contributed by atoms with Gasteiger partial charge in [-0.3, -0.25) is 9.69 Å². The maximum absolute atomic E-state index is 12.9. The van der Waals surface area contributed by atoms with Crippen molar-refractivity contribution in [2.45, 2.75) is 0 Å². The SMILES string of the molecule is COCCN1C(=O)/C(=C\c2ccccc2OC)SC1=Nc1ccccc1. The molecule has 26 heavy (non-hydrogen) atoms. The Morgan fingerprint density at radius 3 is 2.54 bits per heavy atom. The Hall–Kier alpha value is -2.57. The summed E-state index contributed by atoms with van der Waals surface area (Å²) in [5.74, 6) is 0.651. The molecule has 0 aliphatic carbocycles. The van der Waals surface area contributed by atoms with Gasteiger partial charge in [-0.15, -0.1) is 0 Å². The normalized spacial score (nSPS) is 17.3. The number of amides is 1. The zero-order chi connectivity index (χ0) is 18.4. The molecule has 0 unspecified atom stereocenters. The number of hydrogen-bond acceptors (Lipinski definition) is 5. The standard InChI is InChI=1S/C20H20N2O3S/c1-24-13-12-22-19(23)18(14-15-8-6-7-11-17(15)25-2)26-20(22)21-16-9-4-3-5-10-16/h3-11,14H,12-13H2,1-2H3/b18-14+,21-20?. The molecule has 1 saturated heterocycles. The van der Waals surface area contributed by atoms with Crippen molar-refractivity contribution in [3.8, 4) is 5.75 Å². The first kappa shape index (κ1) is 18.2. The fourth-order valence-corrected chi connectivity index (χ4v) is 3.53. The maximum Gasteiger partial charge on any atom is 0.266 e. The predicted octanol–water partition coefficient (Wildman–Crippen LogP) is 3.95. The van der Waals surface area contributed by atoms with Gasteiger partial charge in [0.2, 0.25) is 0 Å². The molecule has 1 amide bonds. The summed E-state index contributed by atoms with van der Waals surface area (Å²) in [5.41, 5.74) is 1.67. The van der Waals surface area contributed by atoms with E-state index in [9.17, 15) is 4.79 Å². The second kappa shape index (κ2) is 8.69. The molecule has 134 valence electrons. The third-order valence-electron chi connectivity index (χ3n) is 3.81. The van der Waals surface area contributed by atoms with Crippen LogP contribution in [0.2, 0.25) is 0 Å². The number of carbonyl (C=O) groups is 1. The third-order valence-corrected chi connectivity index (χ3v) is 4.82. The van der Waals surface area contributed by atoms with Crippen LogP contribution < -0.4 is 4.74 Å². The Kier molecular flexibility index (Phi) is 6.09. The fourth-order valence-electron chi connectivity index (χ4n) is 2.51. The lowest BCUT2D eigenvalue weighted by atomic mass is 10.2. The fraction of sp³-hybridized carbons (Fsp3) is 0.200. The molecule has 1 aliphatic heterocycles. The summed E-state index contributed by atoms with van der Waals surface area (Å²) in [6.45, 7) is 0.902. The van der Waals surface area contributed by atoms with E-state index in [0.717, 1.165) is 17.0 Å². The Labute approximate surface area is 157 Å². The monoisotopic (exact) mass is 368 g/mol. The van der Waals surface area contributed by atoms with Crippen LogP contribution in [0.5, 0.6) is 5.75 Å². The minimum absolute atomic E-state index is 0.0763. The van der Waals surface area contributed by atoms with E-state index in [0.29, 0.717) is 23.2 Å². The largest absolute Gasteiger partial charge is 0.496 e. The van der Waals surface area contributed by atoms with E-state index in [2.05, 4.69) is 4.99 Å². The van der Waals surface area contributed by atoms with Crippen molar-refractivity contribution in [1.82, 2.24) is 4.90 Å². The molecule has 1 aliphatic rings. The first-order chi connectivity index (χ1) is 12.7. The Balaban J connectivity index is 1.95. The topological polar surface area (TPSA) is 51.1 Å². The minimum atomic E-state index is -0.0763. The van der Waals surface area contributed by atoms with Crippen LogP contribution in [0.1, 0.15) is 5.56 Å². The van der Waals surface area contributed by atoms with Crippen LogP contribution in [0.25, 0.3) is 6.08 Å². The zero-order valence-electron chi connectivity index (χ0n) is 14.7. The van der Waals surface area contributed by atoms with Gasteiger partial charge in [0.05, 0.1) is 30.9 Å². The molecule has 0 spiro atoms. The number of rotatable bonds is 6. The van der Waals surface area contributed by atoms with E-state index in [4.69, 9.17) is 9.47 Å². The van der Waals surface area contributed by atoms with Crippen molar-refractivity contribution in [1.29, 1.82) is 0 Å². The van der Waals surface area contributed by atoms with Crippen LogP contribution in [0.15, 0.2) is 64.5 Å². The van der Waals surface area contributed by atoms with E-state index < -0.39 is 0 Å². The van der Waals surface area contributed by atoms with Crippen molar-refractivity contribution in [2.24, 2.45) is 4.99 Å². The van der Waals surface area contributed by atoms with Crippen LogP contribution in [0.3, 0.4) is 0 Å². The van der Waals surface area contributed by atoms with Crippen LogP contribution in [0.4, 0.5) is 5.69 Å². The lowest BCUT2D eigenvalue weighted by molar-refractivity contribution is -0.122. The Morgan fingerprint density at radius 2 is 1.81 bits per heavy atom. The predicted molar refractivity (Wildman–Crippen MR) is 106 cm³/mol. The summed E-state index contributed by atoms with van der Waals surface area (Å²) in [7, 11) is 3.24. The average molecular weight is 368 g/mol. The lowest BCUT2D eigenvalue weighted by Gasteiger charge is -2.14. The molecule has 0 aromatic heterocycles. The molecule has 0 bridgehead atoms. The molecule has 3 rings (SSSR count). The van der Waals surface area contributed by atoms with Gasteiger partial charge in [0.25, 0.3) is 5.91 Å². The van der Waals surface area contributed by atoms with E-state index in [1.54, 1.807) is 19.1 Å². The number of methoxy groups -OCH3 is 2. The molecular formula is C20H20N2O3S. The summed E-state index contributed by atoms with van der Waals surface area (Å²) in [4.78, 5) is 19.8. The van der Waals surface area contributed by atoms with E-state index >= 15 is 0 Å². The second-order valence-corrected chi connectivity index (χ2v) is 6.54. The highest BCUT2D eigenvalue weighted by Crippen LogP contribution is 2.35. The van der Waals surface area contributed by atoms with E-state index in [-0.39, 0.29) is 5.91 Å². The van der Waals surface area contributed by atoms with Gasteiger partial charge in [0.15, 0.2) is 5.17 Å². The van der Waals surface area contributed by atoms with Crippen LogP contribution in [-0.2, 0) is 9.53 Å². The summed E-state index contributed by atoms with van der Waals surface area (Å²) in [6, 6.07) is 17.2. The second-order valence-electron chi connectivity index (χ2n) is 5.53. The maximum atomic E-state index is 12.9. The molecule has 2 aromatic carbocycles. The molecule has 6 heteroatoms. The van der Waals surface area contributed by atoms with E-state index in [1.165, 1.54) is 11.8 Å². The molecule has 2 aromatic rings. The number of thioether (sulfide) groups is 1. The lowest BCUT2D eigenvalue weighted by Crippen LogP contribution is -2.32. The van der Waals surface area contributed by atoms with Crippen molar-refractivity contribution in [3.05, 3.63) is 65.1 Å². The van der Waals surface area contributed by atoms with Gasteiger partial charge >= 0.3 is 0 Å². The first-order valence-corrected chi connectivity index (χ1v) is 9.01. The van der Waals surface area contributed by atoms with Gasteiger partial charge in [0.1, 0.15) is 5.75 Å². The Bertz CT molecular complexity index is 834. The van der Waals surface area contributed by atoms with Crippen LogP contribution >= 0.6 is 11.8 Å². The number of carbonyl (C=O) groups excluding carboxylic acids is 1. The van der Waals surface area contributed by atoms with Crippen molar-refractivity contribution >= 4 is 34.6 Å². The van der Waals surface area contributed by atoms with Gasteiger partial charge < -0.3 is 9.47 Å². The highest BCUT2D eigenvalue weighted by Gasteiger charge is 2.33. The van der Waals surface area contributed by atoms with Gasteiger partial charge in [-0.2, -0.15) is 0 Å². The zero-order valence-corrected chi connectivity index (χ0v) is 15.5. The quantitative estimate of drug-likeness (QED) is 0.725. The van der Waals surface area contributed by atoms with Gasteiger partial charge in [-0.1, -0.05) is 36.4 Å². The number of aliphatic imine (C=N–C) groups is 1. The minimum Gasteiger partial charge on any atom is -0.496 e. The summed E-state index contributed by atoms with van der Waals surface area (Å²) in [5, 5.41) is 0.652. The molecule has 0 saturated carbocycles. The molecule has 0 atom stereocenters. The third kappa shape index (κ3) is 4.15. The van der Waals surface area contributed by atoms with Gasteiger partial charge in [-0.05, 0) is 36.0 Å². The van der Waals surface area contributed by atoms with Crippen molar-refractivity contribution < 1.29 is 14.3 Å².